The van der Waals surface area contributed by atoms with Gasteiger partial charge in [0.15, 0.2) is 0 Å². The van der Waals surface area contributed by atoms with Crippen LogP contribution in [-0.2, 0) is 26.2 Å². The van der Waals surface area contributed by atoms with Crippen molar-refractivity contribution < 1.29 is 22.7 Å². The summed E-state index contributed by atoms with van der Waals surface area (Å²) >= 11 is 0. The Bertz CT molecular complexity index is 1690. The minimum atomic E-state index is -4.16. The molecule has 0 aromatic heterocycles. The maximum atomic E-state index is 14.2. The number of anilines is 1. The number of carbonyl (C=O) groups excluding carboxylic acids is 2. The lowest BCUT2D eigenvalue weighted by molar-refractivity contribution is -0.139. The molecular formula is C36H39N3O5S. The highest BCUT2D eigenvalue weighted by atomic mass is 32.2. The first-order valence-corrected chi connectivity index (χ1v) is 16.7. The lowest BCUT2D eigenvalue weighted by Gasteiger charge is -2.33. The first-order chi connectivity index (χ1) is 21.7. The molecule has 8 nitrogen and oxygen atoms in total. The van der Waals surface area contributed by atoms with Crippen molar-refractivity contribution in [1.82, 2.24) is 10.2 Å². The fraction of sp³-hybridized carbons (Fsp3) is 0.278. The molecule has 234 valence electrons. The third-order valence-corrected chi connectivity index (χ3v) is 9.97. The third kappa shape index (κ3) is 7.91. The van der Waals surface area contributed by atoms with E-state index >= 15 is 0 Å². The van der Waals surface area contributed by atoms with Gasteiger partial charge in [-0.1, -0.05) is 73.5 Å². The van der Waals surface area contributed by atoms with Gasteiger partial charge in [-0.05, 0) is 86.3 Å². The number of aryl methyl sites for hydroxylation is 1. The van der Waals surface area contributed by atoms with E-state index in [0.29, 0.717) is 17.2 Å². The van der Waals surface area contributed by atoms with E-state index in [9.17, 15) is 18.0 Å². The van der Waals surface area contributed by atoms with Gasteiger partial charge in [0.1, 0.15) is 24.1 Å². The van der Waals surface area contributed by atoms with Gasteiger partial charge in [0, 0.05) is 12.6 Å². The summed E-state index contributed by atoms with van der Waals surface area (Å²) in [6.45, 7) is 3.32. The molecule has 1 saturated carbocycles. The number of sulfonamides is 1. The Morgan fingerprint density at radius 1 is 0.822 bits per heavy atom. The Hall–Kier alpha value is -4.63. The molecule has 2 amide bonds. The molecule has 0 spiro atoms. The van der Waals surface area contributed by atoms with Gasteiger partial charge in [-0.25, -0.2) is 8.42 Å². The van der Waals surface area contributed by atoms with Crippen LogP contribution < -0.4 is 14.4 Å². The number of benzene rings is 4. The van der Waals surface area contributed by atoms with Crippen LogP contribution in [0.25, 0.3) is 0 Å². The number of rotatable bonds is 12. The van der Waals surface area contributed by atoms with Gasteiger partial charge in [0.05, 0.1) is 10.6 Å². The summed E-state index contributed by atoms with van der Waals surface area (Å²) in [6, 6.07) is 30.8. The van der Waals surface area contributed by atoms with Crippen molar-refractivity contribution >= 4 is 27.5 Å². The second kappa shape index (κ2) is 14.4. The molecule has 1 atom stereocenters. The highest BCUT2D eigenvalue weighted by molar-refractivity contribution is 7.92. The molecule has 0 bridgehead atoms. The molecule has 0 unspecified atom stereocenters. The van der Waals surface area contributed by atoms with Crippen LogP contribution in [-0.4, -0.2) is 43.8 Å². The Labute approximate surface area is 265 Å². The molecule has 0 radical (unpaired) electrons. The number of hydrogen-bond acceptors (Lipinski definition) is 5. The minimum Gasteiger partial charge on any atom is -0.457 e. The van der Waals surface area contributed by atoms with E-state index in [-0.39, 0.29) is 23.4 Å². The Morgan fingerprint density at radius 2 is 1.40 bits per heavy atom. The molecule has 0 saturated heterocycles. The van der Waals surface area contributed by atoms with Gasteiger partial charge in [-0.15, -0.1) is 0 Å². The predicted octanol–water partition coefficient (Wildman–Crippen LogP) is 6.46. The van der Waals surface area contributed by atoms with Crippen LogP contribution in [0.2, 0.25) is 0 Å². The number of amides is 2. The number of carbonyl (C=O) groups is 2. The first-order valence-electron chi connectivity index (χ1n) is 15.3. The molecule has 4 aromatic carbocycles. The van der Waals surface area contributed by atoms with Crippen molar-refractivity contribution in [3.8, 4) is 11.5 Å². The van der Waals surface area contributed by atoms with E-state index in [1.54, 1.807) is 49.4 Å². The number of para-hydroxylation sites is 1. The van der Waals surface area contributed by atoms with Crippen LogP contribution in [0, 0.1) is 6.92 Å². The topological polar surface area (TPSA) is 96.0 Å². The van der Waals surface area contributed by atoms with Crippen LogP contribution in [0.4, 0.5) is 5.69 Å². The summed E-state index contributed by atoms with van der Waals surface area (Å²) in [5, 5.41) is 3.10. The normalized spacial score (nSPS) is 14.0. The average Bonchev–Trinajstić information content (AvgIpc) is 3.57. The minimum absolute atomic E-state index is 0.0555. The molecule has 0 heterocycles. The van der Waals surface area contributed by atoms with Gasteiger partial charge in [-0.3, -0.25) is 13.9 Å². The van der Waals surface area contributed by atoms with Gasteiger partial charge in [-0.2, -0.15) is 0 Å². The quantitative estimate of drug-likeness (QED) is 0.195. The van der Waals surface area contributed by atoms with E-state index in [2.05, 4.69) is 5.32 Å². The van der Waals surface area contributed by atoms with Crippen LogP contribution in [0.3, 0.4) is 0 Å². The van der Waals surface area contributed by atoms with Crippen LogP contribution in [0.5, 0.6) is 11.5 Å². The molecule has 45 heavy (non-hydrogen) atoms. The predicted molar refractivity (Wildman–Crippen MR) is 176 cm³/mol. The molecule has 1 N–H and O–H groups in total. The lowest BCUT2D eigenvalue weighted by Crippen LogP contribution is -2.52. The van der Waals surface area contributed by atoms with Crippen molar-refractivity contribution in [3.05, 3.63) is 120 Å². The van der Waals surface area contributed by atoms with E-state index in [1.807, 2.05) is 61.5 Å². The summed E-state index contributed by atoms with van der Waals surface area (Å²) in [4.78, 5) is 29.2. The Balaban J connectivity index is 1.46. The number of nitrogens with zero attached hydrogens (tertiary/aromatic N) is 2. The maximum Gasteiger partial charge on any atom is 0.264 e. The van der Waals surface area contributed by atoms with Crippen molar-refractivity contribution in [3.63, 3.8) is 0 Å². The standard InChI is InChI=1S/C36H39N3O5S/c1-27-13-9-10-14-29(27)25-38(28(2)36(41)37-30-15-11-12-16-30)35(40)26-39(45(42,43)34-19-7-4-8-20-34)31-21-23-33(24-22-31)44-32-17-5-3-6-18-32/h3-10,13-14,17-24,28,30H,11-12,15-16,25-26H2,1-2H3,(H,37,41)/t28-/m1/s1. The largest absolute Gasteiger partial charge is 0.457 e. The van der Waals surface area contributed by atoms with Gasteiger partial charge >= 0.3 is 0 Å². The van der Waals surface area contributed by atoms with Crippen LogP contribution in [0.15, 0.2) is 114 Å². The van der Waals surface area contributed by atoms with Crippen LogP contribution >= 0.6 is 0 Å². The van der Waals surface area contributed by atoms with Crippen molar-refractivity contribution in [2.45, 2.75) is 63.1 Å². The van der Waals surface area contributed by atoms with Crippen molar-refractivity contribution in [2.75, 3.05) is 10.8 Å². The fourth-order valence-electron chi connectivity index (χ4n) is 5.50. The fourth-order valence-corrected chi connectivity index (χ4v) is 6.93. The highest BCUT2D eigenvalue weighted by Gasteiger charge is 2.33. The zero-order valence-electron chi connectivity index (χ0n) is 25.6. The number of hydrogen-bond donors (Lipinski definition) is 1. The molecule has 0 aliphatic heterocycles. The Morgan fingerprint density at radius 3 is 2.04 bits per heavy atom. The van der Waals surface area contributed by atoms with E-state index in [4.69, 9.17) is 4.74 Å². The summed E-state index contributed by atoms with van der Waals surface area (Å²) in [5.41, 5.74) is 2.15. The van der Waals surface area contributed by atoms with Crippen LogP contribution in [0.1, 0.15) is 43.7 Å². The first kappa shape index (κ1) is 31.8. The second-order valence-electron chi connectivity index (χ2n) is 11.3. The van der Waals surface area contributed by atoms with E-state index < -0.39 is 28.5 Å². The molecule has 5 rings (SSSR count). The molecule has 1 aliphatic rings. The number of nitrogens with one attached hydrogen (secondary N) is 1. The summed E-state index contributed by atoms with van der Waals surface area (Å²) in [7, 11) is -4.16. The van der Waals surface area contributed by atoms with Gasteiger partial charge in [0.2, 0.25) is 11.8 Å². The lowest BCUT2D eigenvalue weighted by atomic mass is 10.1. The zero-order chi connectivity index (χ0) is 31.8. The molecule has 4 aromatic rings. The highest BCUT2D eigenvalue weighted by Crippen LogP contribution is 2.29. The smallest absolute Gasteiger partial charge is 0.264 e. The van der Waals surface area contributed by atoms with Gasteiger partial charge in [0.25, 0.3) is 10.0 Å². The van der Waals surface area contributed by atoms with Crippen molar-refractivity contribution in [2.24, 2.45) is 0 Å². The summed E-state index contributed by atoms with van der Waals surface area (Å²) in [5.74, 6) is 0.429. The van der Waals surface area contributed by atoms with E-state index in [0.717, 1.165) is 41.1 Å². The second-order valence-corrected chi connectivity index (χ2v) is 13.2. The summed E-state index contributed by atoms with van der Waals surface area (Å²) < 4.78 is 35.1. The summed E-state index contributed by atoms with van der Waals surface area (Å²) in [6.07, 6.45) is 3.95. The van der Waals surface area contributed by atoms with Gasteiger partial charge < -0.3 is 15.0 Å². The number of ether oxygens (including phenoxy) is 1. The molecule has 1 aliphatic carbocycles. The molecule has 1 fully saturated rings. The third-order valence-electron chi connectivity index (χ3n) is 8.18. The average molecular weight is 626 g/mol. The van der Waals surface area contributed by atoms with Crippen molar-refractivity contribution in [1.29, 1.82) is 0 Å². The maximum absolute atomic E-state index is 14.2. The SMILES string of the molecule is Cc1ccccc1CN(C(=O)CN(c1ccc(Oc2ccccc2)cc1)S(=O)(=O)c1ccccc1)[C@H](C)C(=O)NC1CCCC1. The monoisotopic (exact) mass is 625 g/mol. The molecular weight excluding hydrogens is 586 g/mol. The van der Waals surface area contributed by atoms with E-state index in [1.165, 1.54) is 17.0 Å². The molecule has 9 heteroatoms. The zero-order valence-corrected chi connectivity index (χ0v) is 26.5. The Kier molecular flexibility index (Phi) is 10.2.